The quantitative estimate of drug-likeness (QED) is 0.584. The maximum absolute atomic E-state index is 13.4. The van der Waals surface area contributed by atoms with Crippen molar-refractivity contribution < 1.29 is 4.39 Å². The van der Waals surface area contributed by atoms with Crippen LogP contribution in [-0.2, 0) is 0 Å². The summed E-state index contributed by atoms with van der Waals surface area (Å²) in [7, 11) is 0. The number of rotatable bonds is 3. The molecule has 2 heterocycles. The first-order valence-electron chi connectivity index (χ1n) is 6.52. The number of aromatic amines is 1. The Bertz CT molecular complexity index is 1010. The van der Waals surface area contributed by atoms with Crippen LogP contribution in [0.3, 0.4) is 0 Å². The van der Waals surface area contributed by atoms with Crippen molar-refractivity contribution in [3.05, 3.63) is 45.2 Å². The molecule has 0 aliphatic rings. The van der Waals surface area contributed by atoms with Crippen molar-refractivity contribution in [1.29, 1.82) is 0 Å². The molecule has 1 N–H and O–H groups in total. The first kappa shape index (κ1) is 15.6. The van der Waals surface area contributed by atoms with Crippen molar-refractivity contribution in [3.63, 3.8) is 0 Å². The van der Waals surface area contributed by atoms with E-state index in [1.54, 1.807) is 13.0 Å². The maximum atomic E-state index is 13.4. The highest BCUT2D eigenvalue weighted by Crippen LogP contribution is 2.30. The van der Waals surface area contributed by atoms with Crippen LogP contribution in [0, 0.1) is 25.1 Å². The molecule has 0 radical (unpaired) electrons. The van der Waals surface area contributed by atoms with E-state index in [0.29, 0.717) is 33.4 Å². The maximum Gasteiger partial charge on any atom is 0.350 e. The van der Waals surface area contributed by atoms with Crippen molar-refractivity contribution in [2.75, 3.05) is 5.75 Å². The zero-order chi connectivity index (χ0) is 16.6. The van der Waals surface area contributed by atoms with E-state index in [2.05, 4.69) is 21.0 Å². The standard InChI is InChI=1S/C15H10ClFN4OS/c1-3-6-23-14-18-13-12(8(2)20-21(13)15(22)19-14)9-4-5-11(17)10(16)7-9/h1,4-5,7H,6H2,2H3,(H,18,19,22). The minimum atomic E-state index is -0.513. The lowest BCUT2D eigenvalue weighted by Gasteiger charge is -2.03. The Kier molecular flexibility index (Phi) is 4.11. The predicted octanol–water partition coefficient (Wildman–Crippen LogP) is 2.91. The Morgan fingerprint density at radius 3 is 3.00 bits per heavy atom. The van der Waals surface area contributed by atoms with Crippen molar-refractivity contribution in [2.45, 2.75) is 12.1 Å². The molecule has 1 aromatic carbocycles. The Balaban J connectivity index is 2.25. The van der Waals surface area contributed by atoms with Gasteiger partial charge in [-0.05, 0) is 24.6 Å². The summed E-state index contributed by atoms with van der Waals surface area (Å²) in [5.41, 5.74) is 1.80. The van der Waals surface area contributed by atoms with E-state index in [1.165, 1.54) is 28.4 Å². The summed E-state index contributed by atoms with van der Waals surface area (Å²) in [5.74, 6) is 2.33. The molecule has 0 saturated carbocycles. The molecule has 8 heteroatoms. The first-order chi connectivity index (χ1) is 11.0. The number of aryl methyl sites for hydroxylation is 1. The van der Waals surface area contributed by atoms with Gasteiger partial charge in [0.15, 0.2) is 10.8 Å². The summed E-state index contributed by atoms with van der Waals surface area (Å²) >= 11 is 7.09. The number of benzene rings is 1. The lowest BCUT2D eigenvalue weighted by Crippen LogP contribution is -2.19. The molecule has 3 rings (SSSR count). The topological polar surface area (TPSA) is 63.1 Å². The van der Waals surface area contributed by atoms with E-state index in [9.17, 15) is 9.18 Å². The SMILES string of the molecule is C#CCSc1nc2c(-c3ccc(F)c(Cl)c3)c(C)nn2c(=O)[nH]1. The van der Waals surface area contributed by atoms with Crippen LogP contribution in [0.2, 0.25) is 5.02 Å². The van der Waals surface area contributed by atoms with Crippen LogP contribution in [-0.4, -0.2) is 25.3 Å². The minimum absolute atomic E-state index is 0.00646. The highest BCUT2D eigenvalue weighted by atomic mass is 35.5. The van der Waals surface area contributed by atoms with Gasteiger partial charge in [0.05, 0.1) is 16.5 Å². The van der Waals surface area contributed by atoms with Crippen LogP contribution < -0.4 is 5.69 Å². The molecule has 116 valence electrons. The molecule has 0 aliphatic carbocycles. The van der Waals surface area contributed by atoms with Gasteiger partial charge in [0.2, 0.25) is 0 Å². The van der Waals surface area contributed by atoms with Crippen molar-refractivity contribution >= 4 is 29.0 Å². The van der Waals surface area contributed by atoms with Gasteiger partial charge < -0.3 is 0 Å². The summed E-state index contributed by atoms with van der Waals surface area (Å²) in [6.07, 6.45) is 5.22. The highest BCUT2D eigenvalue weighted by molar-refractivity contribution is 7.99. The molecular weight excluding hydrogens is 339 g/mol. The Morgan fingerprint density at radius 1 is 1.52 bits per heavy atom. The summed E-state index contributed by atoms with van der Waals surface area (Å²) in [6.45, 7) is 1.75. The number of hydrogen-bond donors (Lipinski definition) is 1. The third-order valence-corrected chi connectivity index (χ3v) is 4.22. The van der Waals surface area contributed by atoms with Crippen LogP contribution in [0.5, 0.6) is 0 Å². The van der Waals surface area contributed by atoms with Crippen LogP contribution >= 0.6 is 23.4 Å². The fourth-order valence-corrected chi connectivity index (χ4v) is 2.91. The molecule has 0 atom stereocenters. The largest absolute Gasteiger partial charge is 0.350 e. The van der Waals surface area contributed by atoms with Crippen molar-refractivity contribution in [1.82, 2.24) is 19.6 Å². The van der Waals surface area contributed by atoms with Crippen LogP contribution in [0.15, 0.2) is 28.2 Å². The van der Waals surface area contributed by atoms with E-state index in [4.69, 9.17) is 18.0 Å². The average Bonchev–Trinajstić information content (AvgIpc) is 2.85. The molecule has 0 aliphatic heterocycles. The molecule has 0 unspecified atom stereocenters. The van der Waals surface area contributed by atoms with Gasteiger partial charge in [-0.15, -0.1) is 6.42 Å². The molecule has 2 aromatic heterocycles. The third kappa shape index (κ3) is 2.83. The zero-order valence-corrected chi connectivity index (χ0v) is 13.5. The van der Waals surface area contributed by atoms with Crippen molar-refractivity contribution in [3.8, 4) is 23.5 Å². The molecule has 0 spiro atoms. The monoisotopic (exact) mass is 348 g/mol. The van der Waals surface area contributed by atoms with Gasteiger partial charge in [0, 0.05) is 5.56 Å². The second-order valence-corrected chi connectivity index (χ2v) is 6.04. The molecule has 5 nitrogen and oxygen atoms in total. The number of aromatic nitrogens is 4. The molecule has 0 saturated heterocycles. The second-order valence-electron chi connectivity index (χ2n) is 4.66. The fourth-order valence-electron chi connectivity index (χ4n) is 2.20. The summed E-state index contributed by atoms with van der Waals surface area (Å²) in [5, 5.41) is 4.58. The Hall–Kier alpha value is -2.30. The summed E-state index contributed by atoms with van der Waals surface area (Å²) in [4.78, 5) is 19.1. The average molecular weight is 349 g/mol. The van der Waals surface area contributed by atoms with Gasteiger partial charge >= 0.3 is 5.69 Å². The number of hydrogen-bond acceptors (Lipinski definition) is 4. The van der Waals surface area contributed by atoms with Crippen LogP contribution in [0.25, 0.3) is 16.8 Å². The van der Waals surface area contributed by atoms with Gasteiger partial charge in [-0.2, -0.15) is 9.61 Å². The molecule has 0 bridgehead atoms. The van der Waals surface area contributed by atoms with E-state index in [0.717, 1.165) is 0 Å². The van der Waals surface area contributed by atoms with Gasteiger partial charge in [-0.25, -0.2) is 14.2 Å². The number of nitrogens with zero attached hydrogens (tertiary/aromatic N) is 3. The molecule has 23 heavy (non-hydrogen) atoms. The lowest BCUT2D eigenvalue weighted by atomic mass is 10.1. The smallest absolute Gasteiger partial charge is 0.285 e. The van der Waals surface area contributed by atoms with E-state index >= 15 is 0 Å². The van der Waals surface area contributed by atoms with Crippen LogP contribution in [0.1, 0.15) is 5.69 Å². The highest BCUT2D eigenvalue weighted by Gasteiger charge is 2.17. The number of halogens is 2. The van der Waals surface area contributed by atoms with E-state index in [-0.39, 0.29) is 5.02 Å². The molecule has 0 fully saturated rings. The number of terminal acetylenes is 1. The predicted molar refractivity (Wildman–Crippen MR) is 88.3 cm³/mol. The summed E-state index contributed by atoms with van der Waals surface area (Å²) < 4.78 is 14.5. The molecule has 0 amide bonds. The summed E-state index contributed by atoms with van der Waals surface area (Å²) in [6, 6.07) is 4.32. The molecule has 3 aromatic rings. The normalized spacial score (nSPS) is 10.9. The van der Waals surface area contributed by atoms with Crippen molar-refractivity contribution in [2.24, 2.45) is 0 Å². The second kappa shape index (κ2) is 6.07. The number of fused-ring (bicyclic) bond motifs is 1. The van der Waals surface area contributed by atoms with Crippen LogP contribution in [0.4, 0.5) is 4.39 Å². The molecular formula is C15H10ClFN4OS. The van der Waals surface area contributed by atoms with Gasteiger partial charge in [0.1, 0.15) is 5.82 Å². The minimum Gasteiger partial charge on any atom is -0.285 e. The number of thioether (sulfide) groups is 1. The Labute approximate surface area is 139 Å². The fraction of sp³-hybridized carbons (Fsp3) is 0.133. The number of H-pyrrole nitrogens is 1. The third-order valence-electron chi connectivity index (χ3n) is 3.15. The van der Waals surface area contributed by atoms with E-state index in [1.807, 2.05) is 0 Å². The number of nitrogens with one attached hydrogen (secondary N) is 1. The zero-order valence-electron chi connectivity index (χ0n) is 11.9. The van der Waals surface area contributed by atoms with Gasteiger partial charge in [0.25, 0.3) is 0 Å². The van der Waals surface area contributed by atoms with E-state index < -0.39 is 11.5 Å². The Morgan fingerprint density at radius 2 is 2.30 bits per heavy atom. The van der Waals surface area contributed by atoms with Gasteiger partial charge in [-0.3, -0.25) is 4.98 Å². The lowest BCUT2D eigenvalue weighted by molar-refractivity contribution is 0.628. The van der Waals surface area contributed by atoms with Gasteiger partial charge in [-0.1, -0.05) is 35.3 Å². The first-order valence-corrected chi connectivity index (χ1v) is 7.89.